The average Bonchev–Trinajstić information content (AvgIpc) is 3.66. The van der Waals surface area contributed by atoms with Crippen molar-refractivity contribution in [2.24, 2.45) is 0 Å². The minimum absolute atomic E-state index is 0.0551. The number of amides is 3. The van der Waals surface area contributed by atoms with Gasteiger partial charge in [-0.1, -0.05) is 35.9 Å². The predicted octanol–water partition coefficient (Wildman–Crippen LogP) is 6.17. The summed E-state index contributed by atoms with van der Waals surface area (Å²) in [6.07, 6.45) is 3.58. The average molecular weight is 542 g/mol. The van der Waals surface area contributed by atoms with Crippen LogP contribution in [-0.4, -0.2) is 38.9 Å². The number of carbonyl (C=O) groups excluding carboxylic acids is 2. The van der Waals surface area contributed by atoms with Gasteiger partial charge in [0.1, 0.15) is 12.6 Å². The SMILES string of the molecule is O=C(Nc1ccc([N+](=O)[O-])cc1)N(CC(=O)N1c2ccccc2-n2cccc2C1c1cccc(Cl)c1)C1CC1. The van der Waals surface area contributed by atoms with Gasteiger partial charge in [-0.05, 0) is 66.9 Å². The number of nitro groups is 1. The van der Waals surface area contributed by atoms with Crippen molar-refractivity contribution in [2.45, 2.75) is 24.9 Å². The Balaban J connectivity index is 1.33. The van der Waals surface area contributed by atoms with E-state index in [1.807, 2.05) is 60.8 Å². The van der Waals surface area contributed by atoms with Crippen molar-refractivity contribution in [1.29, 1.82) is 0 Å². The second-order valence-electron chi connectivity index (χ2n) is 9.61. The van der Waals surface area contributed by atoms with E-state index in [9.17, 15) is 19.7 Å². The van der Waals surface area contributed by atoms with Crippen LogP contribution in [0.1, 0.15) is 30.1 Å². The highest BCUT2D eigenvalue weighted by Crippen LogP contribution is 2.43. The monoisotopic (exact) mass is 541 g/mol. The van der Waals surface area contributed by atoms with Crippen LogP contribution in [0.25, 0.3) is 5.69 Å². The molecule has 0 saturated heterocycles. The van der Waals surface area contributed by atoms with Crippen LogP contribution in [0.3, 0.4) is 0 Å². The summed E-state index contributed by atoms with van der Waals surface area (Å²) in [6.45, 7) is -0.129. The summed E-state index contributed by atoms with van der Waals surface area (Å²) in [6, 6.07) is 23.8. The maximum atomic E-state index is 14.2. The van der Waals surface area contributed by atoms with Gasteiger partial charge < -0.3 is 14.8 Å². The van der Waals surface area contributed by atoms with Crippen molar-refractivity contribution < 1.29 is 14.5 Å². The smallest absolute Gasteiger partial charge is 0.316 e. The zero-order chi connectivity index (χ0) is 27.1. The topological polar surface area (TPSA) is 101 Å². The number of para-hydroxylation sites is 2. The Morgan fingerprint density at radius 2 is 1.72 bits per heavy atom. The molecule has 39 heavy (non-hydrogen) atoms. The number of aromatic nitrogens is 1. The van der Waals surface area contributed by atoms with E-state index in [0.29, 0.717) is 10.7 Å². The lowest BCUT2D eigenvalue weighted by molar-refractivity contribution is -0.384. The Morgan fingerprint density at radius 3 is 2.41 bits per heavy atom. The van der Waals surface area contributed by atoms with Crippen molar-refractivity contribution in [3.63, 3.8) is 0 Å². The summed E-state index contributed by atoms with van der Waals surface area (Å²) in [5, 5.41) is 14.3. The van der Waals surface area contributed by atoms with Crippen molar-refractivity contribution in [3.05, 3.63) is 118 Å². The summed E-state index contributed by atoms with van der Waals surface area (Å²) >= 11 is 6.36. The molecule has 3 aromatic carbocycles. The van der Waals surface area contributed by atoms with E-state index in [0.717, 1.165) is 35.5 Å². The van der Waals surface area contributed by atoms with E-state index in [2.05, 4.69) is 9.88 Å². The molecule has 1 aromatic heterocycles. The van der Waals surface area contributed by atoms with Crippen LogP contribution in [0, 0.1) is 10.1 Å². The highest BCUT2D eigenvalue weighted by atomic mass is 35.5. The number of non-ortho nitro benzene ring substituents is 1. The number of anilines is 2. The molecule has 196 valence electrons. The molecule has 3 amide bonds. The third-order valence-corrected chi connectivity index (χ3v) is 7.27. The summed E-state index contributed by atoms with van der Waals surface area (Å²) in [5.41, 5.74) is 3.74. The second-order valence-corrected chi connectivity index (χ2v) is 10.0. The first-order valence-electron chi connectivity index (χ1n) is 12.6. The third-order valence-electron chi connectivity index (χ3n) is 7.04. The Labute approximate surface area is 229 Å². The fourth-order valence-corrected chi connectivity index (χ4v) is 5.29. The third kappa shape index (κ3) is 4.72. The summed E-state index contributed by atoms with van der Waals surface area (Å²) < 4.78 is 2.07. The van der Waals surface area contributed by atoms with E-state index in [1.165, 1.54) is 24.3 Å². The van der Waals surface area contributed by atoms with Crippen LogP contribution in [0.5, 0.6) is 0 Å². The largest absolute Gasteiger partial charge is 0.322 e. The van der Waals surface area contributed by atoms with Crippen LogP contribution in [0.4, 0.5) is 21.9 Å². The first kappa shape index (κ1) is 24.7. The van der Waals surface area contributed by atoms with Gasteiger partial charge in [0, 0.05) is 35.1 Å². The number of benzene rings is 3. The van der Waals surface area contributed by atoms with Gasteiger partial charge in [-0.15, -0.1) is 0 Å². The Hall–Kier alpha value is -4.63. The van der Waals surface area contributed by atoms with Crippen LogP contribution in [-0.2, 0) is 4.79 Å². The van der Waals surface area contributed by atoms with Crippen LogP contribution in [0.2, 0.25) is 5.02 Å². The van der Waals surface area contributed by atoms with Crippen LogP contribution < -0.4 is 10.2 Å². The number of hydrogen-bond acceptors (Lipinski definition) is 4. The molecule has 9 nitrogen and oxygen atoms in total. The molecule has 1 atom stereocenters. The minimum atomic E-state index is -0.496. The lowest BCUT2D eigenvalue weighted by atomic mass is 9.97. The summed E-state index contributed by atoms with van der Waals surface area (Å²) in [7, 11) is 0. The highest BCUT2D eigenvalue weighted by molar-refractivity contribution is 6.30. The number of nitro benzene ring substituents is 1. The van der Waals surface area contributed by atoms with Crippen molar-refractivity contribution in [1.82, 2.24) is 9.47 Å². The van der Waals surface area contributed by atoms with Crippen molar-refractivity contribution in [3.8, 4) is 5.69 Å². The van der Waals surface area contributed by atoms with E-state index >= 15 is 0 Å². The molecule has 10 heteroatoms. The number of nitrogens with zero attached hydrogens (tertiary/aromatic N) is 4. The molecule has 0 bridgehead atoms. The molecule has 4 aromatic rings. The lowest BCUT2D eigenvalue weighted by Crippen LogP contribution is -2.48. The standard InChI is InChI=1S/C29H24ClN5O4/c30-20-6-3-5-19(17-20)28-26-9-4-16-32(26)24-7-1-2-8-25(24)34(28)27(36)18-33(22-14-15-22)29(37)31-21-10-12-23(13-11-21)35(38)39/h1-13,16-17,22,28H,14-15,18H2,(H,31,37). The van der Waals surface area contributed by atoms with Gasteiger partial charge in [-0.3, -0.25) is 19.8 Å². The quantitative estimate of drug-likeness (QED) is 0.233. The van der Waals surface area contributed by atoms with E-state index in [4.69, 9.17) is 11.6 Å². The van der Waals surface area contributed by atoms with Crippen LogP contribution in [0.15, 0.2) is 91.1 Å². The molecule has 2 aliphatic rings. The second kappa shape index (κ2) is 9.92. The van der Waals surface area contributed by atoms with Gasteiger partial charge in [-0.2, -0.15) is 0 Å². The fraction of sp³-hybridized carbons (Fsp3) is 0.172. The first-order chi connectivity index (χ1) is 18.9. The Morgan fingerprint density at radius 1 is 0.974 bits per heavy atom. The number of carbonyl (C=O) groups is 2. The zero-order valence-electron chi connectivity index (χ0n) is 20.7. The van der Waals surface area contributed by atoms with Gasteiger partial charge in [0.25, 0.3) is 5.69 Å². The minimum Gasteiger partial charge on any atom is -0.316 e. The molecule has 1 fully saturated rings. The van der Waals surface area contributed by atoms with Gasteiger partial charge in [-0.25, -0.2) is 4.79 Å². The maximum Gasteiger partial charge on any atom is 0.322 e. The Kier molecular flexibility index (Phi) is 6.28. The number of halogens is 1. The van der Waals surface area contributed by atoms with E-state index in [1.54, 1.807) is 15.9 Å². The molecule has 1 N–H and O–H groups in total. The predicted molar refractivity (Wildman–Crippen MR) is 148 cm³/mol. The molecular weight excluding hydrogens is 518 g/mol. The number of nitrogens with one attached hydrogen (secondary N) is 1. The first-order valence-corrected chi connectivity index (χ1v) is 12.9. The van der Waals surface area contributed by atoms with Crippen molar-refractivity contribution >= 4 is 40.6 Å². The normalized spacial score (nSPS) is 15.7. The highest BCUT2D eigenvalue weighted by Gasteiger charge is 2.40. The molecule has 0 spiro atoms. The Bertz CT molecular complexity index is 1580. The molecule has 1 aliphatic carbocycles. The number of rotatable bonds is 6. The molecule has 1 aliphatic heterocycles. The number of fused-ring (bicyclic) bond motifs is 3. The molecular formula is C29H24ClN5O4. The molecule has 1 unspecified atom stereocenters. The molecule has 2 heterocycles. The summed E-state index contributed by atoms with van der Waals surface area (Å²) in [4.78, 5) is 41.3. The van der Waals surface area contributed by atoms with E-state index in [-0.39, 0.29) is 24.2 Å². The summed E-state index contributed by atoms with van der Waals surface area (Å²) in [5.74, 6) is -0.231. The number of hydrogen-bond donors (Lipinski definition) is 1. The van der Waals surface area contributed by atoms with Crippen molar-refractivity contribution in [2.75, 3.05) is 16.8 Å². The lowest BCUT2D eigenvalue weighted by Gasteiger charge is -2.39. The van der Waals surface area contributed by atoms with Gasteiger partial charge in [0.05, 0.1) is 22.0 Å². The molecule has 0 radical (unpaired) electrons. The zero-order valence-corrected chi connectivity index (χ0v) is 21.5. The van der Waals surface area contributed by atoms with Gasteiger partial charge >= 0.3 is 6.03 Å². The van der Waals surface area contributed by atoms with Crippen LogP contribution >= 0.6 is 11.6 Å². The number of urea groups is 1. The maximum absolute atomic E-state index is 14.2. The fourth-order valence-electron chi connectivity index (χ4n) is 5.09. The van der Waals surface area contributed by atoms with Gasteiger partial charge in [0.2, 0.25) is 5.91 Å². The van der Waals surface area contributed by atoms with E-state index < -0.39 is 17.0 Å². The molecule has 6 rings (SSSR count). The van der Waals surface area contributed by atoms with Gasteiger partial charge in [0.15, 0.2) is 0 Å². The molecule has 1 saturated carbocycles.